The van der Waals surface area contributed by atoms with Crippen molar-refractivity contribution in [3.8, 4) is 0 Å². The molecule has 1 aliphatic rings. The highest BCUT2D eigenvalue weighted by Crippen LogP contribution is 2.36. The number of rotatable bonds is 2. The predicted octanol–water partition coefficient (Wildman–Crippen LogP) is 5.26. The lowest BCUT2D eigenvalue weighted by molar-refractivity contribution is 0.213. The molecule has 1 aromatic carbocycles. The van der Waals surface area contributed by atoms with E-state index in [0.717, 1.165) is 28.4 Å². The van der Waals surface area contributed by atoms with Crippen LogP contribution in [0.2, 0.25) is 5.02 Å². The van der Waals surface area contributed by atoms with Crippen molar-refractivity contribution < 1.29 is 0 Å². The second-order valence-electron chi connectivity index (χ2n) is 6.45. The highest BCUT2D eigenvalue weighted by molar-refractivity contribution is 7.71. The lowest BCUT2D eigenvalue weighted by Gasteiger charge is -2.28. The van der Waals surface area contributed by atoms with E-state index < -0.39 is 0 Å². The second kappa shape index (κ2) is 5.84. The van der Waals surface area contributed by atoms with E-state index in [1.54, 1.807) is 0 Å². The highest BCUT2D eigenvalue weighted by atomic mass is 35.5. The zero-order valence-electron chi connectivity index (χ0n) is 13.5. The molecule has 0 amide bonds. The topological polar surface area (TPSA) is 24.0 Å². The number of hydrogen-bond donors (Lipinski definition) is 1. The van der Waals surface area contributed by atoms with Crippen LogP contribution < -0.4 is 0 Å². The van der Waals surface area contributed by atoms with Gasteiger partial charge < -0.3 is 9.55 Å². The number of imidazole rings is 1. The van der Waals surface area contributed by atoms with Gasteiger partial charge in [0.2, 0.25) is 0 Å². The van der Waals surface area contributed by atoms with Crippen LogP contribution >= 0.6 is 23.8 Å². The van der Waals surface area contributed by atoms with Gasteiger partial charge >= 0.3 is 0 Å². The van der Waals surface area contributed by atoms with E-state index in [9.17, 15) is 0 Å². The van der Waals surface area contributed by atoms with Gasteiger partial charge in [-0.25, -0.2) is 0 Å². The fourth-order valence-corrected chi connectivity index (χ4v) is 3.92. The molecule has 0 aliphatic carbocycles. The van der Waals surface area contributed by atoms with E-state index in [0.29, 0.717) is 12.1 Å². The first-order valence-corrected chi connectivity index (χ1v) is 8.48. The Morgan fingerprint density at radius 3 is 2.82 bits per heavy atom. The van der Waals surface area contributed by atoms with Crippen molar-refractivity contribution in [3.05, 3.63) is 39.1 Å². The molecule has 5 heteroatoms. The van der Waals surface area contributed by atoms with Crippen LogP contribution in [0.3, 0.4) is 0 Å². The van der Waals surface area contributed by atoms with Crippen LogP contribution in [0.4, 0.5) is 0 Å². The highest BCUT2D eigenvalue weighted by Gasteiger charge is 2.27. The minimum absolute atomic E-state index is 0.304. The van der Waals surface area contributed by atoms with E-state index in [4.69, 9.17) is 23.8 Å². The van der Waals surface area contributed by atoms with Crippen molar-refractivity contribution in [1.29, 1.82) is 0 Å². The number of halogens is 1. The number of aromatic amines is 1. The molecule has 0 fully saturated rings. The van der Waals surface area contributed by atoms with Crippen molar-refractivity contribution in [2.45, 2.75) is 39.8 Å². The molecule has 0 spiro atoms. The summed E-state index contributed by atoms with van der Waals surface area (Å²) in [6.07, 6.45) is 2.28. The van der Waals surface area contributed by atoms with Crippen LogP contribution in [-0.4, -0.2) is 27.5 Å². The number of aromatic nitrogens is 2. The Bertz CT molecular complexity index is 798. The molecule has 2 atom stereocenters. The van der Waals surface area contributed by atoms with Crippen LogP contribution in [0.1, 0.15) is 45.3 Å². The Labute approximate surface area is 141 Å². The van der Waals surface area contributed by atoms with Gasteiger partial charge in [0.1, 0.15) is 0 Å². The summed E-state index contributed by atoms with van der Waals surface area (Å²) in [4.78, 5) is 5.80. The molecule has 2 heterocycles. The molecule has 1 N–H and O–H groups in total. The third-order valence-corrected chi connectivity index (χ3v) is 4.99. The summed E-state index contributed by atoms with van der Waals surface area (Å²) in [7, 11) is 0. The number of hydrogen-bond acceptors (Lipinski definition) is 2. The molecule has 22 heavy (non-hydrogen) atoms. The van der Waals surface area contributed by atoms with E-state index in [2.05, 4.69) is 54.3 Å². The van der Waals surface area contributed by atoms with Gasteiger partial charge in [0.05, 0.1) is 11.0 Å². The van der Waals surface area contributed by atoms with Gasteiger partial charge in [0.15, 0.2) is 4.77 Å². The molecule has 0 saturated carbocycles. The van der Waals surface area contributed by atoms with Crippen molar-refractivity contribution in [2.24, 2.45) is 0 Å². The normalized spacial score (nSPS) is 21.9. The van der Waals surface area contributed by atoms with Crippen molar-refractivity contribution >= 4 is 34.9 Å². The minimum atomic E-state index is 0.304. The average molecular weight is 336 g/mol. The summed E-state index contributed by atoms with van der Waals surface area (Å²) < 4.78 is 3.03. The Kier molecular flexibility index (Phi) is 4.19. The SMILES string of the molecule is CC(C)=CCN1C[C@@H](C)n2c(=S)[nH]c3cc(Cl)cc(c32)[C@@H]1C. The number of nitrogens with one attached hydrogen (secondary N) is 1. The van der Waals surface area contributed by atoms with E-state index in [1.165, 1.54) is 16.7 Å². The number of nitrogens with zero attached hydrogens (tertiary/aromatic N) is 2. The third-order valence-electron chi connectivity index (χ3n) is 4.48. The largest absolute Gasteiger partial charge is 0.331 e. The van der Waals surface area contributed by atoms with Gasteiger partial charge in [0.25, 0.3) is 0 Å². The van der Waals surface area contributed by atoms with Crippen LogP contribution in [0, 0.1) is 4.77 Å². The maximum absolute atomic E-state index is 6.32. The lowest BCUT2D eigenvalue weighted by Crippen LogP contribution is -2.30. The summed E-state index contributed by atoms with van der Waals surface area (Å²) in [5.74, 6) is 0. The van der Waals surface area contributed by atoms with Crippen molar-refractivity contribution in [1.82, 2.24) is 14.5 Å². The zero-order chi connectivity index (χ0) is 16.0. The number of H-pyrrole nitrogens is 1. The Hall–Kier alpha value is -1.10. The average Bonchev–Trinajstić information content (AvgIpc) is 2.71. The number of benzene rings is 1. The first kappa shape index (κ1) is 15.8. The molecular formula is C17H22ClN3S. The van der Waals surface area contributed by atoms with E-state index in [1.807, 2.05) is 6.07 Å². The molecule has 0 bridgehead atoms. The molecule has 118 valence electrons. The number of allylic oxidation sites excluding steroid dienone is 1. The Morgan fingerprint density at radius 1 is 1.41 bits per heavy atom. The molecule has 2 aromatic rings. The van der Waals surface area contributed by atoms with Crippen molar-refractivity contribution in [2.75, 3.05) is 13.1 Å². The van der Waals surface area contributed by atoms with Crippen LogP contribution in [-0.2, 0) is 0 Å². The third kappa shape index (κ3) is 2.64. The fraction of sp³-hybridized carbons (Fsp3) is 0.471. The van der Waals surface area contributed by atoms with Crippen LogP contribution in [0.5, 0.6) is 0 Å². The summed E-state index contributed by atoms with van der Waals surface area (Å²) in [5, 5.41) is 0.759. The Balaban J connectivity index is 2.19. The van der Waals surface area contributed by atoms with Crippen molar-refractivity contribution in [3.63, 3.8) is 0 Å². The molecule has 1 aromatic heterocycles. The van der Waals surface area contributed by atoms with Crippen LogP contribution in [0.15, 0.2) is 23.8 Å². The van der Waals surface area contributed by atoms with Gasteiger partial charge in [-0.2, -0.15) is 0 Å². The molecule has 3 nitrogen and oxygen atoms in total. The van der Waals surface area contributed by atoms with E-state index in [-0.39, 0.29) is 0 Å². The van der Waals surface area contributed by atoms with Gasteiger partial charge in [-0.3, -0.25) is 4.90 Å². The molecular weight excluding hydrogens is 314 g/mol. The zero-order valence-corrected chi connectivity index (χ0v) is 15.1. The monoisotopic (exact) mass is 335 g/mol. The van der Waals surface area contributed by atoms with Gasteiger partial charge in [-0.05, 0) is 57.6 Å². The molecule has 3 rings (SSSR count). The quantitative estimate of drug-likeness (QED) is 0.598. The molecule has 1 aliphatic heterocycles. The standard InChI is InChI=1S/C17H22ClN3S/c1-10(2)5-6-20-9-11(3)21-16-14(12(20)4)7-13(18)8-15(16)19-17(21)22/h5,7-8,11-12H,6,9H2,1-4H3,(H,19,22)/t11-,12+/m1/s1. The first-order chi connectivity index (χ1) is 10.4. The second-order valence-corrected chi connectivity index (χ2v) is 7.27. The Morgan fingerprint density at radius 2 is 2.14 bits per heavy atom. The summed E-state index contributed by atoms with van der Waals surface area (Å²) in [6, 6.07) is 4.69. The summed E-state index contributed by atoms with van der Waals surface area (Å²) in [5.41, 5.74) is 4.84. The fourth-order valence-electron chi connectivity index (χ4n) is 3.31. The van der Waals surface area contributed by atoms with Crippen LogP contribution in [0.25, 0.3) is 11.0 Å². The summed E-state index contributed by atoms with van der Waals surface area (Å²) >= 11 is 11.9. The lowest BCUT2D eigenvalue weighted by atomic mass is 10.1. The predicted molar refractivity (Wildman–Crippen MR) is 96.3 cm³/mol. The van der Waals surface area contributed by atoms with E-state index >= 15 is 0 Å². The van der Waals surface area contributed by atoms with Gasteiger partial charge in [-0.1, -0.05) is 23.3 Å². The maximum atomic E-state index is 6.32. The molecule has 0 saturated heterocycles. The minimum Gasteiger partial charge on any atom is -0.331 e. The first-order valence-electron chi connectivity index (χ1n) is 7.69. The van der Waals surface area contributed by atoms with Gasteiger partial charge in [0, 0.05) is 30.2 Å². The van der Waals surface area contributed by atoms with Gasteiger partial charge in [-0.15, -0.1) is 0 Å². The smallest absolute Gasteiger partial charge is 0.178 e. The molecule has 0 radical (unpaired) electrons. The maximum Gasteiger partial charge on any atom is 0.178 e. The molecule has 0 unspecified atom stereocenters. The summed E-state index contributed by atoms with van der Waals surface area (Å²) in [6.45, 7) is 10.7.